The maximum atomic E-state index is 9.90. The second kappa shape index (κ2) is 9.08. The highest BCUT2D eigenvalue weighted by molar-refractivity contribution is 5.17. The molecule has 1 rings (SSSR count). The predicted molar refractivity (Wildman–Crippen MR) is 76.9 cm³/mol. The Kier molecular flexibility index (Phi) is 7.72. The molecule has 2 unspecified atom stereocenters. The molecule has 1 aromatic rings. The molecule has 0 saturated heterocycles. The molecule has 0 saturated carbocycles. The highest BCUT2D eigenvalue weighted by atomic mass is 16.5. The summed E-state index contributed by atoms with van der Waals surface area (Å²) in [7, 11) is 0. The van der Waals surface area contributed by atoms with Crippen LogP contribution in [-0.4, -0.2) is 29.5 Å². The summed E-state index contributed by atoms with van der Waals surface area (Å²) < 4.78 is 5.83. The fourth-order valence-corrected chi connectivity index (χ4v) is 1.96. The van der Waals surface area contributed by atoms with E-state index in [9.17, 15) is 5.11 Å². The van der Waals surface area contributed by atoms with Crippen molar-refractivity contribution in [1.82, 2.24) is 0 Å². The number of hydrogen-bond donors (Lipinski definition) is 2. The van der Waals surface area contributed by atoms with E-state index in [0.29, 0.717) is 13.0 Å². The van der Waals surface area contributed by atoms with Crippen LogP contribution in [0.15, 0.2) is 30.3 Å². The van der Waals surface area contributed by atoms with Crippen LogP contribution in [0.5, 0.6) is 0 Å². The summed E-state index contributed by atoms with van der Waals surface area (Å²) >= 11 is 0. The van der Waals surface area contributed by atoms with Gasteiger partial charge in [-0.3, -0.25) is 0 Å². The van der Waals surface area contributed by atoms with Gasteiger partial charge in [-0.2, -0.15) is 0 Å². The Labute approximate surface area is 116 Å². The van der Waals surface area contributed by atoms with Crippen molar-refractivity contribution in [1.29, 1.82) is 0 Å². The molecule has 0 bridgehead atoms. The summed E-state index contributed by atoms with van der Waals surface area (Å²) in [6, 6.07) is 10.1. The molecule has 3 nitrogen and oxygen atoms in total. The van der Waals surface area contributed by atoms with Gasteiger partial charge in [0.05, 0.1) is 12.2 Å². The molecule has 19 heavy (non-hydrogen) atoms. The Hall–Kier alpha value is -0.900. The largest absolute Gasteiger partial charge is 0.396 e. The summed E-state index contributed by atoms with van der Waals surface area (Å²) in [4.78, 5) is 0. The molecule has 0 spiro atoms. The van der Waals surface area contributed by atoms with Crippen LogP contribution >= 0.6 is 0 Å². The minimum absolute atomic E-state index is 0.00106. The first-order valence-electron chi connectivity index (χ1n) is 7.10. The smallest absolute Gasteiger partial charge is 0.0825 e. The van der Waals surface area contributed by atoms with Crippen molar-refractivity contribution < 1.29 is 14.9 Å². The number of benzene rings is 1. The van der Waals surface area contributed by atoms with Crippen LogP contribution in [0.2, 0.25) is 0 Å². The third-order valence-corrected chi connectivity index (χ3v) is 3.29. The molecule has 0 radical (unpaired) electrons. The van der Waals surface area contributed by atoms with E-state index in [1.807, 2.05) is 44.2 Å². The van der Waals surface area contributed by atoms with Crippen LogP contribution in [0, 0.1) is 5.92 Å². The highest BCUT2D eigenvalue weighted by Gasteiger charge is 2.16. The second-order valence-corrected chi connectivity index (χ2v) is 5.24. The van der Waals surface area contributed by atoms with Crippen molar-refractivity contribution in [3.8, 4) is 0 Å². The molecule has 3 heteroatoms. The lowest BCUT2D eigenvalue weighted by atomic mass is 9.97. The van der Waals surface area contributed by atoms with Gasteiger partial charge in [0.2, 0.25) is 0 Å². The number of rotatable bonds is 9. The molecule has 2 atom stereocenters. The Morgan fingerprint density at radius 3 is 2.37 bits per heavy atom. The van der Waals surface area contributed by atoms with Crippen LogP contribution < -0.4 is 0 Å². The number of ether oxygens (including phenoxy) is 1. The van der Waals surface area contributed by atoms with Crippen LogP contribution in [0.1, 0.15) is 44.8 Å². The number of aliphatic hydroxyl groups is 2. The molecule has 2 N–H and O–H groups in total. The Morgan fingerprint density at radius 1 is 1.11 bits per heavy atom. The van der Waals surface area contributed by atoms with Gasteiger partial charge in [-0.15, -0.1) is 0 Å². The summed E-state index contributed by atoms with van der Waals surface area (Å²) in [5, 5.41) is 18.7. The standard InChI is InChI=1S/C16H26O3/c1-13(2)15(18)9-10-16(19-12-6-11-17)14-7-4-3-5-8-14/h3-5,7-8,13,15-18H,6,9-12H2,1-2H3. The summed E-state index contributed by atoms with van der Waals surface area (Å²) in [6.07, 6.45) is 1.90. The molecule has 1 aromatic carbocycles. The molecule has 108 valence electrons. The van der Waals surface area contributed by atoms with Crippen molar-refractivity contribution in [2.75, 3.05) is 13.2 Å². The van der Waals surface area contributed by atoms with Gasteiger partial charge >= 0.3 is 0 Å². The molecule has 0 heterocycles. The van der Waals surface area contributed by atoms with E-state index in [4.69, 9.17) is 9.84 Å². The first kappa shape index (κ1) is 16.2. The first-order chi connectivity index (χ1) is 9.15. The van der Waals surface area contributed by atoms with E-state index in [0.717, 1.165) is 18.4 Å². The lowest BCUT2D eigenvalue weighted by molar-refractivity contribution is 0.0212. The minimum Gasteiger partial charge on any atom is -0.396 e. The Bertz CT molecular complexity index is 324. The van der Waals surface area contributed by atoms with Gasteiger partial charge in [-0.05, 0) is 30.7 Å². The van der Waals surface area contributed by atoms with Gasteiger partial charge in [0, 0.05) is 13.2 Å². The Balaban J connectivity index is 2.54. The van der Waals surface area contributed by atoms with Gasteiger partial charge in [0.15, 0.2) is 0 Å². The van der Waals surface area contributed by atoms with Crippen LogP contribution in [-0.2, 0) is 4.74 Å². The number of aliphatic hydroxyl groups excluding tert-OH is 2. The van der Waals surface area contributed by atoms with E-state index in [1.54, 1.807) is 0 Å². The van der Waals surface area contributed by atoms with Crippen molar-refractivity contribution >= 4 is 0 Å². The molecule has 0 amide bonds. The monoisotopic (exact) mass is 266 g/mol. The molecule has 0 fully saturated rings. The van der Waals surface area contributed by atoms with Gasteiger partial charge in [-0.1, -0.05) is 44.2 Å². The average molecular weight is 266 g/mol. The van der Waals surface area contributed by atoms with Gasteiger partial charge in [0.1, 0.15) is 0 Å². The minimum atomic E-state index is -0.285. The number of hydrogen-bond acceptors (Lipinski definition) is 3. The van der Waals surface area contributed by atoms with Crippen molar-refractivity contribution in [2.24, 2.45) is 5.92 Å². The van der Waals surface area contributed by atoms with Crippen LogP contribution in [0.4, 0.5) is 0 Å². The third-order valence-electron chi connectivity index (χ3n) is 3.29. The SMILES string of the molecule is CC(C)C(O)CCC(OCCCO)c1ccccc1. The Morgan fingerprint density at radius 2 is 1.79 bits per heavy atom. The molecular weight excluding hydrogens is 240 g/mol. The quantitative estimate of drug-likeness (QED) is 0.676. The zero-order chi connectivity index (χ0) is 14.1. The predicted octanol–water partition coefficient (Wildman–Crippen LogP) is 2.92. The third kappa shape index (κ3) is 6.19. The van der Waals surface area contributed by atoms with Crippen molar-refractivity contribution in [3.05, 3.63) is 35.9 Å². The fraction of sp³-hybridized carbons (Fsp3) is 0.625. The van der Waals surface area contributed by atoms with Crippen LogP contribution in [0.25, 0.3) is 0 Å². The topological polar surface area (TPSA) is 49.7 Å². The van der Waals surface area contributed by atoms with Gasteiger partial charge < -0.3 is 14.9 Å². The van der Waals surface area contributed by atoms with E-state index in [1.165, 1.54) is 0 Å². The van der Waals surface area contributed by atoms with Gasteiger partial charge in [0.25, 0.3) is 0 Å². The van der Waals surface area contributed by atoms with Gasteiger partial charge in [-0.25, -0.2) is 0 Å². The average Bonchev–Trinajstić information content (AvgIpc) is 2.43. The molecular formula is C16H26O3. The fourth-order valence-electron chi connectivity index (χ4n) is 1.96. The molecule has 0 aliphatic carbocycles. The maximum Gasteiger partial charge on any atom is 0.0825 e. The van der Waals surface area contributed by atoms with Crippen LogP contribution in [0.3, 0.4) is 0 Å². The van der Waals surface area contributed by atoms with Crippen molar-refractivity contribution in [3.63, 3.8) is 0 Å². The first-order valence-corrected chi connectivity index (χ1v) is 7.10. The zero-order valence-electron chi connectivity index (χ0n) is 12.0. The van der Waals surface area contributed by atoms with E-state index in [-0.39, 0.29) is 24.7 Å². The summed E-state index contributed by atoms with van der Waals surface area (Å²) in [6.45, 7) is 4.74. The highest BCUT2D eigenvalue weighted by Crippen LogP contribution is 2.24. The lowest BCUT2D eigenvalue weighted by Crippen LogP contribution is -2.17. The lowest BCUT2D eigenvalue weighted by Gasteiger charge is -2.21. The molecule has 0 aromatic heterocycles. The molecule has 0 aliphatic heterocycles. The van der Waals surface area contributed by atoms with E-state index >= 15 is 0 Å². The zero-order valence-corrected chi connectivity index (χ0v) is 12.0. The second-order valence-electron chi connectivity index (χ2n) is 5.24. The molecule has 0 aliphatic rings. The van der Waals surface area contributed by atoms with Crippen molar-refractivity contribution in [2.45, 2.75) is 45.3 Å². The van der Waals surface area contributed by atoms with E-state index in [2.05, 4.69) is 0 Å². The summed E-state index contributed by atoms with van der Waals surface area (Å²) in [5.41, 5.74) is 1.14. The van der Waals surface area contributed by atoms with E-state index < -0.39 is 0 Å². The normalized spacial score (nSPS) is 14.6. The maximum absolute atomic E-state index is 9.90. The summed E-state index contributed by atoms with van der Waals surface area (Å²) in [5.74, 6) is 0.272.